The van der Waals surface area contributed by atoms with Crippen LogP contribution in [0.2, 0.25) is 0 Å². The van der Waals surface area contributed by atoms with E-state index in [-0.39, 0.29) is 0 Å². The molecule has 1 atom stereocenters. The normalized spacial score (nSPS) is 14.8. The second-order valence-electron chi connectivity index (χ2n) is 8.25. The topological polar surface area (TPSA) is 18.5 Å². The molecule has 0 N–H and O–H groups in total. The van der Waals surface area contributed by atoms with Crippen molar-refractivity contribution in [3.05, 3.63) is 112 Å². The van der Waals surface area contributed by atoms with Gasteiger partial charge in [-0.1, -0.05) is 24.3 Å². The van der Waals surface area contributed by atoms with Crippen LogP contribution in [0, 0.1) is 58.2 Å². The molecule has 0 bridgehead atoms. The van der Waals surface area contributed by atoms with Crippen LogP contribution in [0.25, 0.3) is 16.6 Å². The molecule has 0 saturated carbocycles. The molecule has 0 aliphatic heterocycles. The summed E-state index contributed by atoms with van der Waals surface area (Å²) in [7, 11) is -2.74. The van der Waals surface area contributed by atoms with Crippen LogP contribution in [-0.4, -0.2) is 7.12 Å². The second kappa shape index (κ2) is 9.80. The Bertz CT molecular complexity index is 1750. The molecule has 1 unspecified atom stereocenters. The van der Waals surface area contributed by atoms with Crippen LogP contribution in [-0.2, 0) is 4.65 Å². The first-order chi connectivity index (χ1) is 18.9. The van der Waals surface area contributed by atoms with Crippen LogP contribution in [0.1, 0.15) is 17.2 Å². The van der Waals surface area contributed by atoms with Gasteiger partial charge in [-0.05, 0) is 17.7 Å². The zero-order chi connectivity index (χ0) is 29.2. The third-order valence-corrected chi connectivity index (χ3v) is 6.01. The van der Waals surface area contributed by atoms with Gasteiger partial charge in [0.1, 0.15) is 11.9 Å². The van der Waals surface area contributed by atoms with Crippen LogP contribution in [0.3, 0.4) is 0 Å². The molecule has 0 spiro atoms. The molecule has 4 aromatic carbocycles. The largest absolute Gasteiger partial charge is 0.566 e. The summed E-state index contributed by atoms with van der Waals surface area (Å²) in [6.45, 7) is 0. The molecule has 1 aliphatic carbocycles. The molecule has 40 heavy (non-hydrogen) atoms. The SMILES string of the molecule is FC1=C(F)C(OB(Oc2c(F)c(F)c(F)c3c(F)c(F)c(F)c(F)c23)c2cccc(F)c2F)c2cccc(F)c21. The van der Waals surface area contributed by atoms with E-state index in [2.05, 4.69) is 0 Å². The quantitative estimate of drug-likeness (QED) is 0.107. The van der Waals surface area contributed by atoms with Crippen molar-refractivity contribution >= 4 is 29.2 Å². The Balaban J connectivity index is 1.75. The van der Waals surface area contributed by atoms with Crippen LogP contribution >= 0.6 is 0 Å². The molecule has 4 aromatic rings. The highest BCUT2D eigenvalue weighted by molar-refractivity contribution is 6.62. The smallest absolute Gasteiger partial charge is 0.530 e. The van der Waals surface area contributed by atoms with Gasteiger partial charge in [-0.3, -0.25) is 0 Å². The Hall–Kier alpha value is -4.14. The first kappa shape index (κ1) is 27.4. The fourth-order valence-electron chi connectivity index (χ4n) is 4.17. The Labute approximate surface area is 215 Å². The summed E-state index contributed by atoms with van der Waals surface area (Å²) in [5.41, 5.74) is -2.64. The Kier molecular flexibility index (Phi) is 6.72. The minimum atomic E-state index is -2.74. The first-order valence-corrected chi connectivity index (χ1v) is 10.8. The highest BCUT2D eigenvalue weighted by Crippen LogP contribution is 2.46. The Morgan fingerprint density at radius 2 is 1.10 bits per heavy atom. The van der Waals surface area contributed by atoms with E-state index in [0.29, 0.717) is 12.1 Å². The van der Waals surface area contributed by atoms with E-state index in [1.54, 1.807) is 0 Å². The highest BCUT2D eigenvalue weighted by Gasteiger charge is 2.42. The zero-order valence-corrected chi connectivity index (χ0v) is 19.0. The van der Waals surface area contributed by atoms with Crippen molar-refractivity contribution < 1.29 is 62.0 Å². The maximum atomic E-state index is 14.9. The number of fused-ring (bicyclic) bond motifs is 2. The molecule has 2 nitrogen and oxygen atoms in total. The van der Waals surface area contributed by atoms with E-state index in [0.717, 1.165) is 24.3 Å². The van der Waals surface area contributed by atoms with Crippen LogP contribution in [0.5, 0.6) is 5.75 Å². The molecule has 0 amide bonds. The number of benzene rings is 4. The second-order valence-corrected chi connectivity index (χ2v) is 8.25. The summed E-state index contributed by atoms with van der Waals surface area (Å²) < 4.78 is 183. The van der Waals surface area contributed by atoms with E-state index >= 15 is 0 Å². The maximum Gasteiger partial charge on any atom is 0.566 e. The third kappa shape index (κ3) is 3.98. The van der Waals surface area contributed by atoms with Gasteiger partial charge in [0, 0.05) is 5.46 Å². The van der Waals surface area contributed by atoms with Gasteiger partial charge < -0.3 is 9.31 Å². The molecular weight excluding hydrogens is 571 g/mol. The monoisotopic (exact) mass is 578 g/mol. The predicted molar refractivity (Wildman–Crippen MR) is 115 cm³/mol. The lowest BCUT2D eigenvalue weighted by Gasteiger charge is -2.23. The molecule has 0 heterocycles. The molecule has 5 rings (SSSR count). The van der Waals surface area contributed by atoms with Gasteiger partial charge in [-0.2, -0.15) is 4.39 Å². The summed E-state index contributed by atoms with van der Waals surface area (Å²) in [6.07, 6.45) is -2.33. The Morgan fingerprint density at radius 1 is 0.550 bits per heavy atom. The van der Waals surface area contributed by atoms with Gasteiger partial charge in [0.2, 0.25) is 5.82 Å². The predicted octanol–water partition coefficient (Wildman–Crippen LogP) is 7.38. The first-order valence-electron chi connectivity index (χ1n) is 10.8. The van der Waals surface area contributed by atoms with Crippen molar-refractivity contribution in [3.63, 3.8) is 0 Å². The van der Waals surface area contributed by atoms with Crippen molar-refractivity contribution in [2.75, 3.05) is 0 Å². The minimum absolute atomic E-state index is 0.553. The fourth-order valence-corrected chi connectivity index (χ4v) is 4.17. The summed E-state index contributed by atoms with van der Waals surface area (Å²) >= 11 is 0. The molecule has 0 radical (unpaired) electrons. The number of hydrogen-bond acceptors (Lipinski definition) is 2. The van der Waals surface area contributed by atoms with Crippen LogP contribution < -0.4 is 10.1 Å². The van der Waals surface area contributed by atoms with Crippen molar-refractivity contribution in [1.82, 2.24) is 0 Å². The fraction of sp³-hybridized carbons (Fsp3) is 0.0400. The van der Waals surface area contributed by atoms with E-state index in [1.165, 1.54) is 0 Å². The molecule has 0 saturated heterocycles. The molecular formula is C25H7BF12O2. The van der Waals surface area contributed by atoms with E-state index < -0.39 is 116 Å². The third-order valence-electron chi connectivity index (χ3n) is 6.01. The number of rotatable bonds is 5. The lowest BCUT2D eigenvalue weighted by molar-refractivity contribution is 0.187. The van der Waals surface area contributed by atoms with Gasteiger partial charge in [-0.25, -0.2) is 48.3 Å². The molecule has 206 valence electrons. The number of hydrogen-bond donors (Lipinski definition) is 0. The van der Waals surface area contributed by atoms with Gasteiger partial charge in [0.05, 0.1) is 16.3 Å². The van der Waals surface area contributed by atoms with Crippen LogP contribution in [0.15, 0.2) is 42.2 Å². The average molecular weight is 578 g/mol. The van der Waals surface area contributed by atoms with Gasteiger partial charge >= 0.3 is 7.12 Å². The number of halogens is 12. The van der Waals surface area contributed by atoms with Crippen molar-refractivity contribution in [3.8, 4) is 5.75 Å². The minimum Gasteiger partial charge on any atom is -0.530 e. The molecule has 15 heteroatoms. The average Bonchev–Trinajstić information content (AvgIpc) is 3.17. The molecule has 1 aliphatic rings. The highest BCUT2D eigenvalue weighted by atomic mass is 19.2. The van der Waals surface area contributed by atoms with E-state index in [9.17, 15) is 52.7 Å². The van der Waals surface area contributed by atoms with Crippen molar-refractivity contribution in [2.24, 2.45) is 0 Å². The summed E-state index contributed by atoms with van der Waals surface area (Å²) in [6, 6.07) is 4.68. The maximum absolute atomic E-state index is 14.9. The lowest BCUT2D eigenvalue weighted by Crippen LogP contribution is -2.43. The zero-order valence-electron chi connectivity index (χ0n) is 19.0. The molecule has 0 fully saturated rings. The lowest BCUT2D eigenvalue weighted by atomic mass is 9.77. The van der Waals surface area contributed by atoms with E-state index in [4.69, 9.17) is 9.31 Å². The molecule has 0 aromatic heterocycles. The van der Waals surface area contributed by atoms with Gasteiger partial charge in [0.15, 0.2) is 63.9 Å². The summed E-state index contributed by atoms with van der Waals surface area (Å²) in [5, 5.41) is -3.85. The van der Waals surface area contributed by atoms with Crippen molar-refractivity contribution in [1.29, 1.82) is 0 Å². The van der Waals surface area contributed by atoms with Crippen molar-refractivity contribution in [2.45, 2.75) is 6.10 Å². The summed E-state index contributed by atoms with van der Waals surface area (Å²) in [4.78, 5) is 0. The van der Waals surface area contributed by atoms with E-state index in [1.807, 2.05) is 0 Å². The van der Waals surface area contributed by atoms with Crippen LogP contribution in [0.4, 0.5) is 52.7 Å². The Morgan fingerprint density at radius 3 is 1.75 bits per heavy atom. The van der Waals surface area contributed by atoms with Gasteiger partial charge in [0.25, 0.3) is 0 Å². The summed E-state index contributed by atoms with van der Waals surface area (Å²) in [5.74, 6) is -28.2. The standard InChI is InChI=1S/C25H7BF12O2/c27-9-5-1-3-7-11(9)15(30)22(37)24(7)39-26(8-4-2-6-10(28)14(8)29)40-25-13-12(17(32)21(36)23(25)38)16(31)19(34)20(35)18(13)33/h1-6,24H. The van der Waals surface area contributed by atoms with Gasteiger partial charge in [-0.15, -0.1) is 0 Å².